The molecule has 19 heavy (non-hydrogen) atoms. The molecule has 0 bridgehead atoms. The Labute approximate surface area is 115 Å². The molecule has 1 heterocycles. The van der Waals surface area contributed by atoms with E-state index in [-0.39, 0.29) is 5.75 Å². The van der Waals surface area contributed by atoms with Crippen LogP contribution >= 0.6 is 0 Å². The van der Waals surface area contributed by atoms with Gasteiger partial charge in [0.05, 0.1) is 11.9 Å². The van der Waals surface area contributed by atoms with Crippen LogP contribution in [0.15, 0.2) is 6.20 Å². The zero-order valence-electron chi connectivity index (χ0n) is 11.9. The van der Waals surface area contributed by atoms with Gasteiger partial charge in [0.2, 0.25) is 10.0 Å². The van der Waals surface area contributed by atoms with Gasteiger partial charge in [0.1, 0.15) is 0 Å². The average Bonchev–Trinajstić information content (AvgIpc) is 2.67. The summed E-state index contributed by atoms with van der Waals surface area (Å²) in [7, 11) is -1.36. The minimum atomic E-state index is -3.20. The van der Waals surface area contributed by atoms with E-state index in [1.807, 2.05) is 14.0 Å². The fraction of sp³-hybridized carbons (Fsp3) is 0.750. The molecule has 0 atom stereocenters. The molecule has 0 radical (unpaired) electrons. The van der Waals surface area contributed by atoms with E-state index in [4.69, 9.17) is 0 Å². The summed E-state index contributed by atoms with van der Waals surface area (Å²) < 4.78 is 27.9. The lowest BCUT2D eigenvalue weighted by atomic mass is 10.3. The SMILES string of the molecule is CCCNCCCS(=O)(=O)NCc1cnn(C)c1C. The normalized spacial score (nSPS) is 11.9. The smallest absolute Gasteiger partial charge is 0.211 e. The van der Waals surface area contributed by atoms with E-state index in [1.54, 1.807) is 10.9 Å². The van der Waals surface area contributed by atoms with Gasteiger partial charge in [0.15, 0.2) is 0 Å². The predicted octanol–water partition coefficient (Wildman–Crippen LogP) is 0.538. The van der Waals surface area contributed by atoms with Crippen LogP contribution in [0.1, 0.15) is 31.0 Å². The number of nitrogens with zero attached hydrogens (tertiary/aromatic N) is 2. The van der Waals surface area contributed by atoms with Gasteiger partial charge in [-0.1, -0.05) is 6.92 Å². The molecular formula is C12H24N4O2S. The molecule has 7 heteroatoms. The molecule has 2 N–H and O–H groups in total. The number of aryl methyl sites for hydroxylation is 1. The van der Waals surface area contributed by atoms with Crippen molar-refractivity contribution in [1.82, 2.24) is 19.8 Å². The average molecular weight is 288 g/mol. The second-order valence-electron chi connectivity index (χ2n) is 4.62. The lowest BCUT2D eigenvalue weighted by Crippen LogP contribution is -2.28. The third-order valence-electron chi connectivity index (χ3n) is 3.01. The second-order valence-corrected chi connectivity index (χ2v) is 6.55. The molecule has 1 rings (SSSR count). The Morgan fingerprint density at radius 1 is 1.37 bits per heavy atom. The van der Waals surface area contributed by atoms with Crippen LogP contribution in [-0.2, 0) is 23.6 Å². The van der Waals surface area contributed by atoms with Crippen LogP contribution in [0.3, 0.4) is 0 Å². The maximum absolute atomic E-state index is 11.8. The maximum Gasteiger partial charge on any atom is 0.211 e. The van der Waals surface area contributed by atoms with Crippen LogP contribution in [0.2, 0.25) is 0 Å². The molecule has 0 aliphatic rings. The van der Waals surface area contributed by atoms with Crippen LogP contribution < -0.4 is 10.0 Å². The Morgan fingerprint density at radius 2 is 2.11 bits per heavy atom. The highest BCUT2D eigenvalue weighted by Crippen LogP contribution is 2.05. The van der Waals surface area contributed by atoms with Crippen molar-refractivity contribution in [3.05, 3.63) is 17.5 Å². The lowest BCUT2D eigenvalue weighted by molar-refractivity contribution is 0.574. The molecule has 0 spiro atoms. The van der Waals surface area contributed by atoms with E-state index < -0.39 is 10.0 Å². The van der Waals surface area contributed by atoms with Crippen molar-refractivity contribution in [2.45, 2.75) is 33.2 Å². The third-order valence-corrected chi connectivity index (χ3v) is 4.42. The quantitative estimate of drug-likeness (QED) is 0.650. The first-order chi connectivity index (χ1) is 8.96. The van der Waals surface area contributed by atoms with Gasteiger partial charge in [-0.25, -0.2) is 13.1 Å². The molecular weight excluding hydrogens is 264 g/mol. The summed E-state index contributed by atoms with van der Waals surface area (Å²) in [6.45, 7) is 5.99. The van der Waals surface area contributed by atoms with Crippen LogP contribution in [0.4, 0.5) is 0 Å². The van der Waals surface area contributed by atoms with Crippen molar-refractivity contribution in [3.8, 4) is 0 Å². The summed E-state index contributed by atoms with van der Waals surface area (Å²) in [6, 6.07) is 0. The summed E-state index contributed by atoms with van der Waals surface area (Å²) in [5, 5.41) is 7.27. The molecule has 0 saturated heterocycles. The van der Waals surface area contributed by atoms with Crippen molar-refractivity contribution in [1.29, 1.82) is 0 Å². The van der Waals surface area contributed by atoms with Gasteiger partial charge in [-0.15, -0.1) is 0 Å². The Morgan fingerprint density at radius 3 is 2.68 bits per heavy atom. The van der Waals surface area contributed by atoms with E-state index in [0.29, 0.717) is 13.0 Å². The van der Waals surface area contributed by atoms with Gasteiger partial charge >= 0.3 is 0 Å². The predicted molar refractivity (Wildman–Crippen MR) is 76.3 cm³/mol. The summed E-state index contributed by atoms with van der Waals surface area (Å²) in [6.07, 6.45) is 3.38. The van der Waals surface area contributed by atoms with E-state index in [1.165, 1.54) is 0 Å². The van der Waals surface area contributed by atoms with Crippen molar-refractivity contribution >= 4 is 10.0 Å². The molecule has 6 nitrogen and oxygen atoms in total. The fourth-order valence-corrected chi connectivity index (χ4v) is 2.71. The van der Waals surface area contributed by atoms with Crippen LogP contribution in [0, 0.1) is 6.92 Å². The standard InChI is InChI=1S/C12H24N4O2S/c1-4-6-13-7-5-8-19(17,18)15-10-12-9-14-16(3)11(12)2/h9,13,15H,4-8,10H2,1-3H3. The Balaban J connectivity index is 2.32. The Hall–Kier alpha value is -0.920. The molecule has 0 aliphatic heterocycles. The molecule has 0 aromatic carbocycles. The highest BCUT2D eigenvalue weighted by molar-refractivity contribution is 7.89. The molecule has 1 aromatic rings. The molecule has 0 unspecified atom stereocenters. The van der Waals surface area contributed by atoms with E-state index in [9.17, 15) is 8.42 Å². The highest BCUT2D eigenvalue weighted by Gasteiger charge is 2.11. The fourth-order valence-electron chi connectivity index (χ4n) is 1.67. The minimum Gasteiger partial charge on any atom is -0.317 e. The first-order valence-electron chi connectivity index (χ1n) is 6.62. The number of hydrogen-bond donors (Lipinski definition) is 2. The molecule has 110 valence electrons. The third kappa shape index (κ3) is 5.71. The van der Waals surface area contributed by atoms with Crippen molar-refractivity contribution in [3.63, 3.8) is 0 Å². The first-order valence-corrected chi connectivity index (χ1v) is 8.27. The van der Waals surface area contributed by atoms with E-state index in [2.05, 4.69) is 22.1 Å². The lowest BCUT2D eigenvalue weighted by Gasteiger charge is -2.07. The van der Waals surface area contributed by atoms with Crippen LogP contribution in [0.5, 0.6) is 0 Å². The van der Waals surface area contributed by atoms with Gasteiger partial charge in [-0.3, -0.25) is 4.68 Å². The molecule has 0 saturated carbocycles. The Bertz CT molecular complexity index is 482. The summed E-state index contributed by atoms with van der Waals surface area (Å²) in [5.74, 6) is 0.156. The molecule has 0 fully saturated rings. The molecule has 0 amide bonds. The molecule has 1 aromatic heterocycles. The van der Waals surface area contributed by atoms with Crippen LogP contribution in [0.25, 0.3) is 0 Å². The zero-order valence-corrected chi connectivity index (χ0v) is 12.8. The first kappa shape index (κ1) is 16.1. The highest BCUT2D eigenvalue weighted by atomic mass is 32.2. The number of aromatic nitrogens is 2. The van der Waals surface area contributed by atoms with Crippen molar-refractivity contribution in [2.24, 2.45) is 7.05 Å². The van der Waals surface area contributed by atoms with Gasteiger partial charge in [0, 0.05) is 24.8 Å². The van der Waals surface area contributed by atoms with E-state index >= 15 is 0 Å². The Kier molecular flexibility index (Phi) is 6.47. The van der Waals surface area contributed by atoms with Gasteiger partial charge in [0.25, 0.3) is 0 Å². The number of hydrogen-bond acceptors (Lipinski definition) is 4. The molecule has 0 aliphatic carbocycles. The summed E-state index contributed by atoms with van der Waals surface area (Å²) >= 11 is 0. The maximum atomic E-state index is 11.8. The monoisotopic (exact) mass is 288 g/mol. The number of nitrogens with one attached hydrogen (secondary N) is 2. The number of rotatable bonds is 9. The summed E-state index contributed by atoms with van der Waals surface area (Å²) in [5.41, 5.74) is 1.89. The van der Waals surface area contributed by atoms with Crippen LogP contribution in [-0.4, -0.2) is 37.0 Å². The van der Waals surface area contributed by atoms with Gasteiger partial charge in [-0.2, -0.15) is 5.10 Å². The van der Waals surface area contributed by atoms with E-state index in [0.717, 1.165) is 30.8 Å². The minimum absolute atomic E-state index is 0.156. The van der Waals surface area contributed by atoms with Gasteiger partial charge < -0.3 is 5.32 Å². The number of sulfonamides is 1. The summed E-state index contributed by atoms with van der Waals surface area (Å²) in [4.78, 5) is 0. The largest absolute Gasteiger partial charge is 0.317 e. The van der Waals surface area contributed by atoms with Gasteiger partial charge in [-0.05, 0) is 32.9 Å². The second kappa shape index (κ2) is 7.62. The van der Waals surface area contributed by atoms with Crippen molar-refractivity contribution in [2.75, 3.05) is 18.8 Å². The zero-order chi connectivity index (χ0) is 14.3. The topological polar surface area (TPSA) is 76.0 Å². The van der Waals surface area contributed by atoms with Crippen molar-refractivity contribution < 1.29 is 8.42 Å².